The minimum absolute atomic E-state index is 0.170. The van der Waals surface area contributed by atoms with Crippen molar-refractivity contribution in [3.05, 3.63) is 0 Å². The van der Waals surface area contributed by atoms with Crippen molar-refractivity contribution >= 4 is 5.97 Å². The van der Waals surface area contributed by atoms with Crippen LogP contribution in [-0.2, 0) is 9.68 Å². The molecule has 0 aliphatic carbocycles. The Morgan fingerprint density at radius 2 is 2.38 bits per heavy atom. The Balaban J connectivity index is 3.24. The summed E-state index contributed by atoms with van der Waals surface area (Å²) >= 11 is 0. The molecule has 4 heteroatoms. The van der Waals surface area contributed by atoms with Gasteiger partial charge in [-0.3, -0.25) is 10.1 Å². The number of carboxylic acid groups (broad SMARTS) is 1. The third-order valence-corrected chi connectivity index (χ3v) is 0.642. The van der Waals surface area contributed by atoms with Crippen LogP contribution in [0.2, 0.25) is 0 Å². The van der Waals surface area contributed by atoms with Crippen molar-refractivity contribution in [3.63, 3.8) is 0 Å². The molecule has 8 heavy (non-hydrogen) atoms. The van der Waals surface area contributed by atoms with E-state index in [9.17, 15) is 4.79 Å². The molecule has 0 aliphatic rings. The molecule has 4 nitrogen and oxygen atoms in total. The van der Waals surface area contributed by atoms with Gasteiger partial charge in [-0.1, -0.05) is 0 Å². The molecule has 0 aromatic rings. The van der Waals surface area contributed by atoms with Crippen LogP contribution in [0.15, 0.2) is 0 Å². The molecule has 0 bridgehead atoms. The Labute approximate surface area is 46.6 Å². The predicted octanol–water partition coefficient (Wildman–Crippen LogP) is 0.339. The van der Waals surface area contributed by atoms with E-state index < -0.39 is 12.1 Å². The molecule has 48 valence electrons. The predicted molar refractivity (Wildman–Crippen MR) is 25.4 cm³/mol. The zero-order valence-corrected chi connectivity index (χ0v) is 4.50. The van der Waals surface area contributed by atoms with Crippen molar-refractivity contribution in [3.8, 4) is 0 Å². The van der Waals surface area contributed by atoms with Gasteiger partial charge < -0.3 is 5.11 Å². The first-order valence-electron chi connectivity index (χ1n) is 2.19. The quantitative estimate of drug-likeness (QED) is 0.416. The Bertz CT molecular complexity index is 80.1. The van der Waals surface area contributed by atoms with Crippen LogP contribution in [0.3, 0.4) is 0 Å². The van der Waals surface area contributed by atoms with Crippen LogP contribution in [0.25, 0.3) is 0 Å². The maximum Gasteiger partial charge on any atom is 0.306 e. The number of rotatable bonds is 3. The van der Waals surface area contributed by atoms with E-state index in [1.165, 1.54) is 6.92 Å². The lowest BCUT2D eigenvalue weighted by Gasteiger charge is -2.00. The molecule has 0 spiro atoms. The molecule has 0 heterocycles. The fraction of sp³-hybridized carbons (Fsp3) is 0.750. The molecular weight excluding hydrogens is 112 g/mol. The fourth-order valence-electron chi connectivity index (χ4n) is 0.283. The van der Waals surface area contributed by atoms with Crippen molar-refractivity contribution in [1.29, 1.82) is 0 Å². The van der Waals surface area contributed by atoms with Crippen LogP contribution in [0.5, 0.6) is 0 Å². The van der Waals surface area contributed by atoms with Gasteiger partial charge in [0.25, 0.3) is 0 Å². The summed E-state index contributed by atoms with van der Waals surface area (Å²) in [6.45, 7) is 1.47. The van der Waals surface area contributed by atoms with Crippen molar-refractivity contribution in [2.45, 2.75) is 19.4 Å². The Kier molecular flexibility index (Phi) is 3.14. The molecular formula is C4H8O4. The van der Waals surface area contributed by atoms with Crippen LogP contribution in [0, 0.1) is 0 Å². The largest absolute Gasteiger partial charge is 0.481 e. The lowest BCUT2D eigenvalue weighted by Crippen LogP contribution is -2.11. The zero-order valence-electron chi connectivity index (χ0n) is 4.50. The monoisotopic (exact) mass is 120 g/mol. The summed E-state index contributed by atoms with van der Waals surface area (Å²) < 4.78 is 0. The average molecular weight is 120 g/mol. The Morgan fingerprint density at radius 1 is 1.88 bits per heavy atom. The van der Waals surface area contributed by atoms with Gasteiger partial charge in [-0.15, -0.1) is 0 Å². The van der Waals surface area contributed by atoms with Crippen LogP contribution in [0.1, 0.15) is 13.3 Å². The van der Waals surface area contributed by atoms with Crippen LogP contribution >= 0.6 is 0 Å². The highest BCUT2D eigenvalue weighted by atomic mass is 17.1. The highest BCUT2D eigenvalue weighted by Gasteiger charge is 2.05. The van der Waals surface area contributed by atoms with Crippen molar-refractivity contribution in [2.24, 2.45) is 0 Å². The molecule has 0 saturated heterocycles. The molecule has 0 fully saturated rings. The van der Waals surface area contributed by atoms with Gasteiger partial charge >= 0.3 is 5.97 Å². The number of carbonyl (C=O) groups is 1. The second-order valence-electron chi connectivity index (χ2n) is 1.51. The maximum atomic E-state index is 9.78. The topological polar surface area (TPSA) is 66.8 Å². The van der Waals surface area contributed by atoms with Crippen molar-refractivity contribution in [1.82, 2.24) is 0 Å². The lowest BCUT2D eigenvalue weighted by molar-refractivity contribution is -0.274. The van der Waals surface area contributed by atoms with E-state index in [0.717, 1.165) is 0 Å². The molecule has 1 atom stereocenters. The molecule has 0 unspecified atom stereocenters. The van der Waals surface area contributed by atoms with E-state index in [-0.39, 0.29) is 6.42 Å². The molecule has 0 radical (unpaired) electrons. The van der Waals surface area contributed by atoms with Gasteiger partial charge in [0.05, 0.1) is 6.42 Å². The molecule has 0 amide bonds. The summed E-state index contributed by atoms with van der Waals surface area (Å²) in [6.07, 6.45) is -0.788. The molecule has 0 aromatic carbocycles. The Morgan fingerprint density at radius 3 is 2.50 bits per heavy atom. The first-order chi connectivity index (χ1) is 3.66. The van der Waals surface area contributed by atoms with Gasteiger partial charge in [-0.25, -0.2) is 4.89 Å². The van der Waals surface area contributed by atoms with Gasteiger partial charge in [-0.05, 0) is 6.92 Å². The normalized spacial score (nSPS) is 13.2. The zero-order chi connectivity index (χ0) is 6.57. The number of carboxylic acids is 1. The van der Waals surface area contributed by atoms with E-state index in [1.54, 1.807) is 0 Å². The molecule has 0 aromatic heterocycles. The van der Waals surface area contributed by atoms with Gasteiger partial charge in [0, 0.05) is 0 Å². The molecule has 2 N–H and O–H groups in total. The van der Waals surface area contributed by atoms with E-state index in [2.05, 4.69) is 4.89 Å². The number of hydrogen-bond acceptors (Lipinski definition) is 3. The summed E-state index contributed by atoms with van der Waals surface area (Å²) in [5.74, 6) is -0.980. The van der Waals surface area contributed by atoms with Crippen molar-refractivity contribution in [2.75, 3.05) is 0 Å². The van der Waals surface area contributed by atoms with Crippen molar-refractivity contribution < 1.29 is 20.0 Å². The SMILES string of the molecule is C[C@H](CC(=O)O)OO. The average Bonchev–Trinajstić information content (AvgIpc) is 1.65. The molecule has 0 aliphatic heterocycles. The number of aliphatic carboxylic acids is 1. The smallest absolute Gasteiger partial charge is 0.306 e. The highest BCUT2D eigenvalue weighted by Crippen LogP contribution is 1.92. The summed E-state index contributed by atoms with van der Waals surface area (Å²) in [7, 11) is 0. The highest BCUT2D eigenvalue weighted by molar-refractivity contribution is 5.67. The summed E-state index contributed by atoms with van der Waals surface area (Å²) in [5.41, 5.74) is 0. The van der Waals surface area contributed by atoms with E-state index >= 15 is 0 Å². The van der Waals surface area contributed by atoms with Gasteiger partial charge in [0.15, 0.2) is 0 Å². The Hall–Kier alpha value is -0.610. The molecule has 0 saturated carbocycles. The van der Waals surface area contributed by atoms with E-state index in [1.807, 2.05) is 0 Å². The standard InChI is InChI=1S/C4H8O4/c1-3(8-7)2-4(5)6/h3,7H,2H2,1H3,(H,5,6)/t3-/m1/s1. The van der Waals surface area contributed by atoms with Crippen LogP contribution in [-0.4, -0.2) is 22.4 Å². The van der Waals surface area contributed by atoms with Gasteiger partial charge in [0.2, 0.25) is 0 Å². The second kappa shape index (κ2) is 3.40. The van der Waals surface area contributed by atoms with E-state index in [0.29, 0.717) is 0 Å². The minimum Gasteiger partial charge on any atom is -0.481 e. The molecule has 0 rings (SSSR count). The fourth-order valence-corrected chi connectivity index (χ4v) is 0.283. The summed E-state index contributed by atoms with van der Waals surface area (Å²) in [5, 5.41) is 15.8. The van der Waals surface area contributed by atoms with Gasteiger partial charge in [0.1, 0.15) is 6.10 Å². The maximum absolute atomic E-state index is 9.78. The summed E-state index contributed by atoms with van der Waals surface area (Å²) in [6, 6.07) is 0. The van der Waals surface area contributed by atoms with E-state index in [4.69, 9.17) is 10.4 Å². The lowest BCUT2D eigenvalue weighted by atomic mass is 10.3. The minimum atomic E-state index is -0.980. The third kappa shape index (κ3) is 3.58. The van der Waals surface area contributed by atoms with Crippen LogP contribution < -0.4 is 0 Å². The third-order valence-electron chi connectivity index (χ3n) is 0.642. The van der Waals surface area contributed by atoms with Gasteiger partial charge in [-0.2, -0.15) is 0 Å². The summed E-state index contributed by atoms with van der Waals surface area (Å²) in [4.78, 5) is 13.5. The first-order valence-corrected chi connectivity index (χ1v) is 2.19. The van der Waals surface area contributed by atoms with Crippen LogP contribution in [0.4, 0.5) is 0 Å². The second-order valence-corrected chi connectivity index (χ2v) is 1.51. The number of hydrogen-bond donors (Lipinski definition) is 2. The first kappa shape index (κ1) is 7.39.